The van der Waals surface area contributed by atoms with Gasteiger partial charge in [-0.25, -0.2) is 4.39 Å². The number of nitrogens with one attached hydrogen (secondary N) is 1. The van der Waals surface area contributed by atoms with Crippen LogP contribution in [0.2, 0.25) is 0 Å². The number of benzene rings is 1. The molecule has 0 aliphatic carbocycles. The highest BCUT2D eigenvalue weighted by molar-refractivity contribution is 5.79. The van der Waals surface area contributed by atoms with Crippen LogP contribution < -0.4 is 5.32 Å². The van der Waals surface area contributed by atoms with E-state index >= 15 is 0 Å². The van der Waals surface area contributed by atoms with E-state index in [-0.39, 0.29) is 11.7 Å². The van der Waals surface area contributed by atoms with Gasteiger partial charge in [-0.1, -0.05) is 32.9 Å². The molecule has 1 aromatic carbocycles. The lowest BCUT2D eigenvalue weighted by Crippen LogP contribution is -2.47. The Kier molecular flexibility index (Phi) is 12.8. The molecule has 1 aliphatic rings. The van der Waals surface area contributed by atoms with Gasteiger partial charge in [-0.2, -0.15) is 0 Å². The molecular formula is C20H33FN2O. The fourth-order valence-corrected chi connectivity index (χ4v) is 2.75. The van der Waals surface area contributed by atoms with E-state index in [4.69, 9.17) is 0 Å². The highest BCUT2D eigenvalue weighted by atomic mass is 19.1. The predicted molar refractivity (Wildman–Crippen MR) is 101 cm³/mol. The van der Waals surface area contributed by atoms with Gasteiger partial charge < -0.3 is 10.2 Å². The van der Waals surface area contributed by atoms with Crippen LogP contribution in [-0.4, -0.2) is 36.5 Å². The van der Waals surface area contributed by atoms with Gasteiger partial charge in [0.1, 0.15) is 5.82 Å². The quantitative estimate of drug-likeness (QED) is 0.818. The summed E-state index contributed by atoms with van der Waals surface area (Å²) in [6.07, 6.45) is 3.38. The normalized spacial score (nSPS) is 13.8. The van der Waals surface area contributed by atoms with Crippen LogP contribution in [0, 0.1) is 5.82 Å². The zero-order valence-electron chi connectivity index (χ0n) is 15.5. The van der Waals surface area contributed by atoms with Crippen LogP contribution in [-0.2, 0) is 11.2 Å². The second kappa shape index (κ2) is 13.7. The lowest BCUT2D eigenvalue weighted by Gasteiger charge is -2.34. The molecular weight excluding hydrogens is 303 g/mol. The molecule has 0 spiro atoms. The van der Waals surface area contributed by atoms with E-state index < -0.39 is 0 Å². The van der Waals surface area contributed by atoms with Crippen LogP contribution >= 0.6 is 0 Å². The molecule has 0 unspecified atom stereocenters. The molecule has 1 saturated heterocycles. The van der Waals surface area contributed by atoms with Crippen molar-refractivity contribution in [3.63, 3.8) is 0 Å². The number of hydrogen-bond donors (Lipinski definition) is 1. The number of carbonyl (C=O) groups is 1. The van der Waals surface area contributed by atoms with Gasteiger partial charge in [0.2, 0.25) is 5.91 Å². The fourth-order valence-electron chi connectivity index (χ4n) is 2.75. The molecule has 1 aliphatic heterocycles. The van der Waals surface area contributed by atoms with Gasteiger partial charge in [0.05, 0.1) is 6.42 Å². The van der Waals surface area contributed by atoms with E-state index in [1.807, 2.05) is 18.7 Å². The molecule has 1 aromatic rings. The van der Waals surface area contributed by atoms with Crippen LogP contribution in [0.4, 0.5) is 4.39 Å². The van der Waals surface area contributed by atoms with Gasteiger partial charge in [-0.15, -0.1) is 13.2 Å². The van der Waals surface area contributed by atoms with Crippen LogP contribution in [0.15, 0.2) is 37.4 Å². The van der Waals surface area contributed by atoms with Crippen LogP contribution in [0.25, 0.3) is 0 Å². The lowest BCUT2D eigenvalue weighted by molar-refractivity contribution is -0.133. The molecule has 1 N–H and O–H groups in total. The van der Waals surface area contributed by atoms with Crippen LogP contribution in [0.1, 0.15) is 45.6 Å². The Morgan fingerprint density at radius 2 is 1.75 bits per heavy atom. The molecule has 136 valence electrons. The summed E-state index contributed by atoms with van der Waals surface area (Å²) in [6, 6.07) is 6.57. The highest BCUT2D eigenvalue weighted by Crippen LogP contribution is 2.15. The van der Waals surface area contributed by atoms with Crippen molar-refractivity contribution < 1.29 is 9.18 Å². The standard InChI is InChI=1S/C16H23FN2O.C2H6.C2H4/c1-2-11-19(15-7-9-18-10-8-15)16(20)12-13-3-5-14(17)6-4-13;2*1-2/h3-6,15,18H,2,7-12H2,1H3;1-2H3;1-2H2. The number of piperidine rings is 1. The Bertz CT molecular complexity index is 441. The molecule has 0 saturated carbocycles. The average molecular weight is 336 g/mol. The van der Waals surface area contributed by atoms with Crippen molar-refractivity contribution >= 4 is 5.91 Å². The van der Waals surface area contributed by atoms with E-state index in [1.165, 1.54) is 12.1 Å². The summed E-state index contributed by atoms with van der Waals surface area (Å²) < 4.78 is 12.9. The van der Waals surface area contributed by atoms with Crippen molar-refractivity contribution in [2.45, 2.75) is 52.5 Å². The first kappa shape index (κ1) is 22.3. The number of halogens is 1. The first-order chi connectivity index (χ1) is 11.7. The molecule has 3 nitrogen and oxygen atoms in total. The van der Waals surface area contributed by atoms with Gasteiger partial charge in [-0.05, 0) is 50.0 Å². The Morgan fingerprint density at radius 1 is 1.21 bits per heavy atom. The van der Waals surface area contributed by atoms with Gasteiger partial charge in [-0.3, -0.25) is 4.79 Å². The topological polar surface area (TPSA) is 32.3 Å². The smallest absolute Gasteiger partial charge is 0.227 e. The first-order valence-electron chi connectivity index (χ1n) is 8.95. The third-order valence-electron chi connectivity index (χ3n) is 3.80. The van der Waals surface area contributed by atoms with E-state index in [1.54, 1.807) is 12.1 Å². The highest BCUT2D eigenvalue weighted by Gasteiger charge is 2.24. The maximum Gasteiger partial charge on any atom is 0.227 e. The molecule has 0 bridgehead atoms. The minimum absolute atomic E-state index is 0.158. The molecule has 0 radical (unpaired) electrons. The Morgan fingerprint density at radius 3 is 2.25 bits per heavy atom. The summed E-state index contributed by atoms with van der Waals surface area (Å²) in [7, 11) is 0. The summed E-state index contributed by atoms with van der Waals surface area (Å²) in [4.78, 5) is 14.5. The van der Waals surface area contributed by atoms with Crippen molar-refractivity contribution in [1.29, 1.82) is 0 Å². The fraction of sp³-hybridized carbons (Fsp3) is 0.550. The zero-order chi connectivity index (χ0) is 18.4. The number of hydrogen-bond acceptors (Lipinski definition) is 2. The van der Waals surface area contributed by atoms with Gasteiger partial charge in [0, 0.05) is 12.6 Å². The van der Waals surface area contributed by atoms with E-state index in [9.17, 15) is 9.18 Å². The van der Waals surface area contributed by atoms with Crippen molar-refractivity contribution in [3.05, 3.63) is 48.8 Å². The SMILES string of the molecule is C=C.CC.CCCN(C(=O)Cc1ccc(F)cc1)C1CCNCC1. The zero-order valence-corrected chi connectivity index (χ0v) is 15.5. The van der Waals surface area contributed by atoms with Gasteiger partial charge in [0.15, 0.2) is 0 Å². The Hall–Kier alpha value is -1.68. The van der Waals surface area contributed by atoms with E-state index in [2.05, 4.69) is 25.4 Å². The summed E-state index contributed by atoms with van der Waals surface area (Å²) in [6.45, 7) is 14.9. The Labute approximate surface area is 146 Å². The maximum absolute atomic E-state index is 12.9. The molecule has 0 aromatic heterocycles. The van der Waals surface area contributed by atoms with Crippen molar-refractivity contribution in [1.82, 2.24) is 10.2 Å². The molecule has 1 amide bonds. The largest absolute Gasteiger partial charge is 0.339 e. The van der Waals surface area contributed by atoms with Crippen LogP contribution in [0.5, 0.6) is 0 Å². The predicted octanol–water partition coefficient (Wildman–Crippen LogP) is 4.19. The minimum Gasteiger partial charge on any atom is -0.339 e. The Balaban J connectivity index is 0.00000123. The minimum atomic E-state index is -0.259. The lowest BCUT2D eigenvalue weighted by atomic mass is 10.0. The van der Waals surface area contributed by atoms with Crippen LogP contribution in [0.3, 0.4) is 0 Å². The van der Waals surface area contributed by atoms with Crippen molar-refractivity contribution in [2.24, 2.45) is 0 Å². The van der Waals surface area contributed by atoms with Gasteiger partial charge in [0.25, 0.3) is 0 Å². The third-order valence-corrected chi connectivity index (χ3v) is 3.80. The third kappa shape index (κ3) is 7.73. The number of amides is 1. The molecule has 1 fully saturated rings. The van der Waals surface area contributed by atoms with E-state index in [0.29, 0.717) is 12.5 Å². The first-order valence-corrected chi connectivity index (χ1v) is 8.95. The summed E-state index contributed by atoms with van der Waals surface area (Å²) in [5, 5.41) is 3.33. The van der Waals surface area contributed by atoms with Gasteiger partial charge >= 0.3 is 0 Å². The summed E-state index contributed by atoms with van der Waals surface area (Å²) in [5.74, 6) is -0.102. The monoisotopic (exact) mass is 336 g/mol. The summed E-state index contributed by atoms with van der Waals surface area (Å²) in [5.41, 5.74) is 0.881. The van der Waals surface area contributed by atoms with Crippen molar-refractivity contribution in [3.8, 4) is 0 Å². The second-order valence-electron chi connectivity index (χ2n) is 5.37. The van der Waals surface area contributed by atoms with E-state index in [0.717, 1.165) is 44.5 Å². The average Bonchev–Trinajstić information content (AvgIpc) is 2.65. The number of carbonyl (C=O) groups excluding carboxylic acids is 1. The molecule has 0 atom stereocenters. The summed E-state index contributed by atoms with van der Waals surface area (Å²) >= 11 is 0. The molecule has 2 rings (SSSR count). The second-order valence-corrected chi connectivity index (χ2v) is 5.37. The maximum atomic E-state index is 12.9. The number of rotatable bonds is 5. The molecule has 24 heavy (non-hydrogen) atoms. The van der Waals surface area contributed by atoms with Crippen molar-refractivity contribution in [2.75, 3.05) is 19.6 Å². The molecule has 4 heteroatoms. The number of nitrogens with zero attached hydrogens (tertiary/aromatic N) is 1. The molecule has 1 heterocycles.